The molecule has 0 bridgehead atoms. The Labute approximate surface area is 89.2 Å². The number of aliphatic hydroxyl groups excluding tert-OH is 1. The molecule has 0 aliphatic heterocycles. The lowest BCUT2D eigenvalue weighted by molar-refractivity contribution is 0.194. The Hall–Kier alpha value is -0.300. The Kier molecular flexibility index (Phi) is 9.06. The van der Waals surface area contributed by atoms with E-state index in [4.69, 9.17) is 0 Å². The van der Waals surface area contributed by atoms with Gasteiger partial charge in [-0.25, -0.2) is 0 Å². The molecule has 1 nitrogen and oxygen atoms in total. The van der Waals surface area contributed by atoms with Crippen LogP contribution in [-0.2, 0) is 0 Å². The van der Waals surface area contributed by atoms with E-state index in [-0.39, 0.29) is 6.10 Å². The number of unbranched alkanes of at least 4 members (excludes halogenated alkanes) is 4. The van der Waals surface area contributed by atoms with Crippen LogP contribution >= 0.6 is 0 Å². The van der Waals surface area contributed by atoms with Gasteiger partial charge in [-0.05, 0) is 25.2 Å². The van der Waals surface area contributed by atoms with Gasteiger partial charge in [0.25, 0.3) is 0 Å². The van der Waals surface area contributed by atoms with Gasteiger partial charge in [0.05, 0.1) is 6.10 Å². The van der Waals surface area contributed by atoms with Crippen LogP contribution in [0.15, 0.2) is 12.2 Å². The molecular formula is C13H26O. The van der Waals surface area contributed by atoms with Crippen LogP contribution in [0.1, 0.15) is 59.3 Å². The minimum atomic E-state index is -0.235. The smallest absolute Gasteiger partial charge is 0.0723 e. The molecule has 1 N–H and O–H groups in total. The fourth-order valence-electron chi connectivity index (χ4n) is 1.50. The van der Waals surface area contributed by atoms with Crippen molar-refractivity contribution in [1.82, 2.24) is 0 Å². The van der Waals surface area contributed by atoms with Crippen molar-refractivity contribution in [3.63, 3.8) is 0 Å². The highest BCUT2D eigenvalue weighted by Crippen LogP contribution is 2.07. The molecule has 0 saturated heterocycles. The zero-order valence-corrected chi connectivity index (χ0v) is 10.00. The average molecular weight is 198 g/mol. The maximum atomic E-state index is 9.54. The average Bonchev–Trinajstić information content (AvgIpc) is 2.10. The summed E-state index contributed by atoms with van der Waals surface area (Å²) in [5, 5.41) is 9.54. The highest BCUT2D eigenvalue weighted by molar-refractivity contribution is 4.88. The van der Waals surface area contributed by atoms with Crippen molar-refractivity contribution >= 4 is 0 Å². The second-order valence-electron chi connectivity index (χ2n) is 4.47. The predicted molar refractivity (Wildman–Crippen MR) is 63.4 cm³/mol. The first-order valence-corrected chi connectivity index (χ1v) is 6.01. The summed E-state index contributed by atoms with van der Waals surface area (Å²) >= 11 is 0. The van der Waals surface area contributed by atoms with E-state index in [0.717, 1.165) is 12.8 Å². The van der Waals surface area contributed by atoms with Gasteiger partial charge >= 0.3 is 0 Å². The molecule has 0 amide bonds. The zero-order chi connectivity index (χ0) is 10.8. The van der Waals surface area contributed by atoms with Gasteiger partial charge in [0.2, 0.25) is 0 Å². The molecule has 0 aliphatic rings. The van der Waals surface area contributed by atoms with Crippen LogP contribution in [0.2, 0.25) is 0 Å². The maximum Gasteiger partial charge on any atom is 0.0723 e. The third-order valence-corrected chi connectivity index (χ3v) is 2.30. The minimum Gasteiger partial charge on any atom is -0.389 e. The quantitative estimate of drug-likeness (QED) is 0.463. The molecule has 0 aromatic carbocycles. The van der Waals surface area contributed by atoms with Crippen molar-refractivity contribution in [2.24, 2.45) is 5.92 Å². The summed E-state index contributed by atoms with van der Waals surface area (Å²) in [6.45, 7) is 6.50. The molecule has 1 unspecified atom stereocenters. The van der Waals surface area contributed by atoms with Crippen molar-refractivity contribution in [1.29, 1.82) is 0 Å². The minimum absolute atomic E-state index is 0.235. The molecule has 0 heterocycles. The van der Waals surface area contributed by atoms with Gasteiger partial charge in [0.1, 0.15) is 0 Å². The lowest BCUT2D eigenvalue weighted by Crippen LogP contribution is -2.05. The second kappa shape index (κ2) is 9.26. The number of hydrogen-bond donors (Lipinski definition) is 1. The molecule has 0 fully saturated rings. The monoisotopic (exact) mass is 198 g/mol. The first-order valence-electron chi connectivity index (χ1n) is 6.01. The normalized spacial score (nSPS) is 14.1. The number of hydrogen-bond acceptors (Lipinski definition) is 1. The van der Waals surface area contributed by atoms with Crippen LogP contribution in [0, 0.1) is 5.92 Å². The van der Waals surface area contributed by atoms with Crippen LogP contribution in [-0.4, -0.2) is 11.2 Å². The van der Waals surface area contributed by atoms with Gasteiger partial charge in [-0.1, -0.05) is 52.2 Å². The van der Waals surface area contributed by atoms with Crippen molar-refractivity contribution in [3.05, 3.63) is 12.2 Å². The van der Waals surface area contributed by atoms with Crippen LogP contribution in [0.25, 0.3) is 0 Å². The Morgan fingerprint density at radius 3 is 2.43 bits per heavy atom. The molecule has 0 aliphatic carbocycles. The Morgan fingerprint density at radius 2 is 1.86 bits per heavy atom. The van der Waals surface area contributed by atoms with Crippen molar-refractivity contribution in [3.8, 4) is 0 Å². The highest BCUT2D eigenvalue weighted by Gasteiger charge is 2.01. The van der Waals surface area contributed by atoms with Crippen molar-refractivity contribution in [2.45, 2.75) is 65.4 Å². The lowest BCUT2D eigenvalue weighted by Gasteiger charge is -2.07. The van der Waals surface area contributed by atoms with Gasteiger partial charge in [0.15, 0.2) is 0 Å². The molecular weight excluding hydrogens is 172 g/mol. The van der Waals surface area contributed by atoms with E-state index in [2.05, 4.69) is 26.8 Å². The van der Waals surface area contributed by atoms with Gasteiger partial charge < -0.3 is 5.11 Å². The summed E-state index contributed by atoms with van der Waals surface area (Å²) in [6.07, 6.45) is 11.1. The summed E-state index contributed by atoms with van der Waals surface area (Å²) in [5.74, 6) is 0.578. The molecule has 0 aromatic rings. The summed E-state index contributed by atoms with van der Waals surface area (Å²) in [6, 6.07) is 0. The molecule has 0 saturated carbocycles. The van der Waals surface area contributed by atoms with E-state index in [9.17, 15) is 5.11 Å². The fourth-order valence-corrected chi connectivity index (χ4v) is 1.50. The summed E-state index contributed by atoms with van der Waals surface area (Å²) in [4.78, 5) is 0. The molecule has 0 spiro atoms. The topological polar surface area (TPSA) is 20.2 Å². The highest BCUT2D eigenvalue weighted by atomic mass is 16.3. The Bertz CT molecular complexity index is 138. The standard InChI is InChI=1S/C13H26O/c1-4-5-6-7-8-9-10-13(14)11-12(2)3/h9-10,12-14H,4-8,11H2,1-3H3/b10-9-. The molecule has 1 atom stereocenters. The Balaban J connectivity index is 3.33. The first kappa shape index (κ1) is 13.7. The molecule has 84 valence electrons. The first-order chi connectivity index (χ1) is 6.66. The maximum absolute atomic E-state index is 9.54. The zero-order valence-electron chi connectivity index (χ0n) is 10.00. The van der Waals surface area contributed by atoms with Crippen LogP contribution in [0.3, 0.4) is 0 Å². The van der Waals surface area contributed by atoms with E-state index in [1.807, 2.05) is 6.08 Å². The van der Waals surface area contributed by atoms with E-state index in [1.54, 1.807) is 0 Å². The SMILES string of the molecule is CCCCCC/C=C\C(O)CC(C)C. The van der Waals surface area contributed by atoms with Crippen LogP contribution in [0.5, 0.6) is 0 Å². The third kappa shape index (κ3) is 9.79. The van der Waals surface area contributed by atoms with E-state index >= 15 is 0 Å². The third-order valence-electron chi connectivity index (χ3n) is 2.30. The van der Waals surface area contributed by atoms with Gasteiger partial charge in [-0.15, -0.1) is 0 Å². The number of allylic oxidation sites excluding steroid dienone is 1. The predicted octanol–water partition coefficient (Wildman–Crippen LogP) is 3.92. The summed E-state index contributed by atoms with van der Waals surface area (Å²) in [5.41, 5.74) is 0. The Morgan fingerprint density at radius 1 is 1.14 bits per heavy atom. The van der Waals surface area contributed by atoms with Crippen LogP contribution in [0.4, 0.5) is 0 Å². The van der Waals surface area contributed by atoms with E-state index in [1.165, 1.54) is 25.7 Å². The van der Waals surface area contributed by atoms with Gasteiger partial charge in [0, 0.05) is 0 Å². The molecule has 0 aromatic heterocycles. The fraction of sp³-hybridized carbons (Fsp3) is 0.846. The van der Waals surface area contributed by atoms with Crippen molar-refractivity contribution < 1.29 is 5.11 Å². The lowest BCUT2D eigenvalue weighted by atomic mass is 10.1. The molecule has 0 radical (unpaired) electrons. The second-order valence-corrected chi connectivity index (χ2v) is 4.47. The molecule has 1 heteroatoms. The largest absolute Gasteiger partial charge is 0.389 e. The van der Waals surface area contributed by atoms with Gasteiger partial charge in [-0.3, -0.25) is 0 Å². The van der Waals surface area contributed by atoms with Gasteiger partial charge in [-0.2, -0.15) is 0 Å². The van der Waals surface area contributed by atoms with E-state index < -0.39 is 0 Å². The van der Waals surface area contributed by atoms with Crippen LogP contribution < -0.4 is 0 Å². The summed E-state index contributed by atoms with van der Waals surface area (Å²) < 4.78 is 0. The molecule has 14 heavy (non-hydrogen) atoms. The van der Waals surface area contributed by atoms with E-state index in [0.29, 0.717) is 5.92 Å². The number of rotatable bonds is 8. The molecule has 0 rings (SSSR count). The summed E-state index contributed by atoms with van der Waals surface area (Å²) in [7, 11) is 0. The van der Waals surface area contributed by atoms with Crippen molar-refractivity contribution in [2.75, 3.05) is 0 Å². The number of aliphatic hydroxyl groups is 1.